The van der Waals surface area contributed by atoms with Crippen LogP contribution < -0.4 is 0 Å². The van der Waals surface area contributed by atoms with Crippen molar-refractivity contribution in [1.82, 2.24) is 0 Å². The Morgan fingerprint density at radius 1 is 1.38 bits per heavy atom. The van der Waals surface area contributed by atoms with E-state index in [1.54, 1.807) is 5.17 Å². The average Bonchev–Trinajstić information content (AvgIpc) is 1.83. The molecule has 0 aliphatic carbocycles. The van der Waals surface area contributed by atoms with Crippen LogP contribution in [0.3, 0.4) is 0 Å². The molecule has 0 unspecified atom stereocenters. The van der Waals surface area contributed by atoms with Crippen LogP contribution in [0.1, 0.15) is 33.1 Å². The van der Waals surface area contributed by atoms with Crippen LogP contribution in [0, 0.1) is 0 Å². The molecular weight excluding hydrogens is 112 g/mol. The summed E-state index contributed by atoms with van der Waals surface area (Å²) in [5.41, 5.74) is 0. The van der Waals surface area contributed by atoms with Crippen LogP contribution in [-0.4, -0.2) is 14.3 Å². The summed E-state index contributed by atoms with van der Waals surface area (Å²) in [4.78, 5) is 0. The third-order valence-corrected chi connectivity index (χ3v) is 2.95. The number of hydrogen-bond acceptors (Lipinski definition) is 0. The monoisotopic (exact) mass is 128 g/mol. The van der Waals surface area contributed by atoms with Gasteiger partial charge < -0.3 is 0 Å². The molecule has 0 N–H and O–H groups in total. The van der Waals surface area contributed by atoms with Crippen molar-refractivity contribution in [3.63, 3.8) is 0 Å². The molecule has 0 saturated carbocycles. The highest BCUT2D eigenvalue weighted by atomic mass is 28.2. The largest absolute Gasteiger partial charge is 0.0931 e. The molecule has 0 amide bonds. The third kappa shape index (κ3) is 3.14. The highest BCUT2D eigenvalue weighted by Crippen LogP contribution is 1.92. The molecular formula is C7H16Si. The molecule has 0 spiro atoms. The second kappa shape index (κ2) is 5.23. The van der Waals surface area contributed by atoms with Crippen LogP contribution in [0.4, 0.5) is 0 Å². The molecule has 0 radical (unpaired) electrons. The first-order valence-corrected chi connectivity index (χ1v) is 5.22. The molecule has 0 aromatic rings. The molecule has 0 saturated heterocycles. The standard InChI is InChI=1S/C7H16Si/c1-4-6-7(5-2)8-3/h8H,4-6H2,1-3H3. The molecule has 8 heavy (non-hydrogen) atoms. The van der Waals surface area contributed by atoms with E-state index >= 15 is 0 Å². The Balaban J connectivity index is 3.38. The van der Waals surface area contributed by atoms with Crippen LogP contribution >= 0.6 is 0 Å². The summed E-state index contributed by atoms with van der Waals surface area (Å²) in [6.45, 7) is 6.85. The first kappa shape index (κ1) is 8.09. The van der Waals surface area contributed by atoms with Gasteiger partial charge in [0.2, 0.25) is 0 Å². The maximum atomic E-state index is 2.33. The summed E-state index contributed by atoms with van der Waals surface area (Å²) in [5, 5.41) is 1.80. The van der Waals surface area contributed by atoms with Crippen LogP contribution in [0.5, 0.6) is 0 Å². The minimum absolute atomic E-state index is 0.653. The summed E-state index contributed by atoms with van der Waals surface area (Å²) in [6, 6.07) is 0. The van der Waals surface area contributed by atoms with Gasteiger partial charge in [0, 0.05) is 0 Å². The van der Waals surface area contributed by atoms with Crippen LogP contribution in [-0.2, 0) is 0 Å². The van der Waals surface area contributed by atoms with Gasteiger partial charge in [-0.3, -0.25) is 0 Å². The molecule has 0 aliphatic heterocycles. The van der Waals surface area contributed by atoms with Gasteiger partial charge >= 0.3 is 0 Å². The van der Waals surface area contributed by atoms with Gasteiger partial charge in [0.25, 0.3) is 0 Å². The predicted molar refractivity (Wildman–Crippen MR) is 43.2 cm³/mol. The van der Waals surface area contributed by atoms with E-state index in [-0.39, 0.29) is 0 Å². The van der Waals surface area contributed by atoms with Crippen molar-refractivity contribution in [3.05, 3.63) is 0 Å². The zero-order valence-electron chi connectivity index (χ0n) is 6.20. The van der Waals surface area contributed by atoms with Crippen molar-refractivity contribution in [1.29, 1.82) is 0 Å². The van der Waals surface area contributed by atoms with Crippen molar-refractivity contribution < 1.29 is 0 Å². The lowest BCUT2D eigenvalue weighted by Gasteiger charge is -1.97. The van der Waals surface area contributed by atoms with Crippen molar-refractivity contribution in [2.75, 3.05) is 0 Å². The van der Waals surface area contributed by atoms with Gasteiger partial charge in [-0.05, 0) is 22.0 Å². The zero-order chi connectivity index (χ0) is 6.41. The summed E-state index contributed by atoms with van der Waals surface area (Å²) in [6.07, 6.45) is 4.03. The maximum absolute atomic E-state index is 2.33. The Morgan fingerprint density at radius 3 is 2.12 bits per heavy atom. The van der Waals surface area contributed by atoms with E-state index in [1.807, 2.05) is 0 Å². The molecule has 0 bridgehead atoms. The molecule has 0 heterocycles. The fourth-order valence-corrected chi connectivity index (χ4v) is 1.83. The Bertz CT molecular complexity index is 74.5. The smallest absolute Gasteiger partial charge is 0.0111 e. The minimum Gasteiger partial charge on any atom is -0.0931 e. The van der Waals surface area contributed by atoms with Crippen LogP contribution in [0.2, 0.25) is 6.55 Å². The fourth-order valence-electron chi connectivity index (χ4n) is 0.846. The summed E-state index contributed by atoms with van der Waals surface area (Å²) in [5.74, 6) is 0. The molecule has 0 aromatic carbocycles. The van der Waals surface area contributed by atoms with Crippen molar-refractivity contribution in [2.45, 2.75) is 39.7 Å². The molecule has 48 valence electrons. The summed E-state index contributed by atoms with van der Waals surface area (Å²) < 4.78 is 0. The Morgan fingerprint density at radius 2 is 2.00 bits per heavy atom. The topological polar surface area (TPSA) is 0 Å². The van der Waals surface area contributed by atoms with Gasteiger partial charge in [-0.15, -0.1) is 0 Å². The highest BCUT2D eigenvalue weighted by molar-refractivity contribution is 6.52. The van der Waals surface area contributed by atoms with Crippen molar-refractivity contribution in [2.24, 2.45) is 0 Å². The molecule has 1 heteroatoms. The quantitative estimate of drug-likeness (QED) is 0.509. The fraction of sp³-hybridized carbons (Fsp3) is 0.857. The second-order valence-corrected chi connectivity index (χ2v) is 3.44. The van der Waals surface area contributed by atoms with Gasteiger partial charge in [-0.2, -0.15) is 0 Å². The first-order chi connectivity index (χ1) is 3.85. The van der Waals surface area contributed by atoms with E-state index in [1.165, 1.54) is 19.3 Å². The lowest BCUT2D eigenvalue weighted by molar-refractivity contribution is 0.982. The number of rotatable bonds is 3. The van der Waals surface area contributed by atoms with E-state index in [2.05, 4.69) is 20.4 Å². The summed E-state index contributed by atoms with van der Waals surface area (Å²) in [7, 11) is 0.653. The Labute approximate surface area is 54.7 Å². The summed E-state index contributed by atoms with van der Waals surface area (Å²) >= 11 is 0. The zero-order valence-corrected chi connectivity index (χ0v) is 7.35. The average molecular weight is 128 g/mol. The van der Waals surface area contributed by atoms with E-state index in [0.29, 0.717) is 9.13 Å². The predicted octanol–water partition coefficient (Wildman–Crippen LogP) is 1.85. The van der Waals surface area contributed by atoms with Gasteiger partial charge in [0.05, 0.1) is 0 Å². The lowest BCUT2D eigenvalue weighted by atomic mass is 10.2. The van der Waals surface area contributed by atoms with E-state index in [4.69, 9.17) is 0 Å². The Hall–Kier alpha value is 0.0869. The van der Waals surface area contributed by atoms with E-state index in [9.17, 15) is 0 Å². The molecule has 0 aliphatic rings. The van der Waals surface area contributed by atoms with Crippen molar-refractivity contribution in [3.8, 4) is 0 Å². The SMILES string of the molecule is CCCC(CC)=[SiH]C. The number of hydrogen-bond donors (Lipinski definition) is 0. The van der Waals surface area contributed by atoms with Crippen LogP contribution in [0.15, 0.2) is 0 Å². The second-order valence-electron chi connectivity index (χ2n) is 2.05. The molecule has 0 rings (SSSR count). The molecule has 0 nitrogen and oxygen atoms in total. The lowest BCUT2D eigenvalue weighted by Crippen LogP contribution is -1.98. The highest BCUT2D eigenvalue weighted by Gasteiger charge is 1.86. The van der Waals surface area contributed by atoms with Gasteiger partial charge in [0.1, 0.15) is 0 Å². The van der Waals surface area contributed by atoms with Crippen molar-refractivity contribution >= 4 is 14.3 Å². The van der Waals surface area contributed by atoms with Gasteiger partial charge in [-0.25, -0.2) is 0 Å². The normalized spacial score (nSPS) is 12.1. The van der Waals surface area contributed by atoms with Gasteiger partial charge in [-0.1, -0.05) is 32.0 Å². The Kier molecular flexibility index (Phi) is 5.28. The van der Waals surface area contributed by atoms with Crippen LogP contribution in [0.25, 0.3) is 0 Å². The first-order valence-electron chi connectivity index (χ1n) is 3.49. The minimum atomic E-state index is 0.653. The third-order valence-electron chi connectivity index (χ3n) is 1.43. The molecule has 0 atom stereocenters. The van der Waals surface area contributed by atoms with E-state index < -0.39 is 0 Å². The molecule has 0 aromatic heterocycles. The van der Waals surface area contributed by atoms with E-state index in [0.717, 1.165) is 0 Å². The maximum Gasteiger partial charge on any atom is -0.0111 e. The van der Waals surface area contributed by atoms with Gasteiger partial charge in [0.15, 0.2) is 0 Å². The molecule has 0 fully saturated rings.